The van der Waals surface area contributed by atoms with Crippen molar-refractivity contribution < 1.29 is 0 Å². The first-order valence-corrected chi connectivity index (χ1v) is 11.6. The number of pyridine rings is 1. The molecule has 3 heteroatoms. The monoisotopic (exact) mass is 415 g/mol. The third kappa shape index (κ3) is 18.2. The van der Waals surface area contributed by atoms with Crippen LogP contribution in [0.25, 0.3) is 5.57 Å². The second-order valence-electron chi connectivity index (χ2n) is 7.96. The summed E-state index contributed by atoms with van der Waals surface area (Å²) >= 11 is 0. The normalized spacial score (nSPS) is 10.7. The summed E-state index contributed by atoms with van der Waals surface area (Å²) in [7, 11) is 0. The first-order chi connectivity index (χ1) is 14.2. The van der Waals surface area contributed by atoms with E-state index in [-0.39, 0.29) is 0 Å². The maximum absolute atomic E-state index is 4.06. The summed E-state index contributed by atoms with van der Waals surface area (Å²) in [5, 5.41) is 3.26. The van der Waals surface area contributed by atoms with Gasteiger partial charge in [-0.05, 0) is 76.2 Å². The highest BCUT2D eigenvalue weighted by Gasteiger charge is 2.00. The molecule has 1 N–H and O–H groups in total. The van der Waals surface area contributed by atoms with E-state index in [4.69, 9.17) is 0 Å². The standard InChI is InChI=1S/C11H24N2.C10H13N.C6H12/c1-5-8-13(9-6-2)10-7-12-11(3)4;1-3-9(4-2)10-6-5-7-11-8-10;1-5(2)6(3)4/h12H,3,5-10H2,1-2,4H3;3,5-8H,4H2,1-2H3;6H,1H2,2-4H3/b;9-3+;. The van der Waals surface area contributed by atoms with E-state index in [1.54, 1.807) is 6.20 Å². The van der Waals surface area contributed by atoms with Gasteiger partial charge in [-0.3, -0.25) is 4.98 Å². The van der Waals surface area contributed by atoms with Crippen LogP contribution in [-0.2, 0) is 0 Å². The Morgan fingerprint density at radius 2 is 1.67 bits per heavy atom. The molecule has 0 atom stereocenters. The highest BCUT2D eigenvalue weighted by molar-refractivity contribution is 5.63. The van der Waals surface area contributed by atoms with Gasteiger partial charge in [-0.1, -0.05) is 65.5 Å². The van der Waals surface area contributed by atoms with Gasteiger partial charge in [0.1, 0.15) is 0 Å². The van der Waals surface area contributed by atoms with Gasteiger partial charge in [-0.15, -0.1) is 0 Å². The highest BCUT2D eigenvalue weighted by Crippen LogP contribution is 2.15. The first kappa shape index (κ1) is 30.3. The van der Waals surface area contributed by atoms with Crippen molar-refractivity contribution in [2.24, 2.45) is 5.92 Å². The van der Waals surface area contributed by atoms with Crippen molar-refractivity contribution in [3.63, 3.8) is 0 Å². The largest absolute Gasteiger partial charge is 0.388 e. The van der Waals surface area contributed by atoms with E-state index < -0.39 is 0 Å². The Morgan fingerprint density at radius 3 is 2.00 bits per heavy atom. The van der Waals surface area contributed by atoms with Gasteiger partial charge in [-0.2, -0.15) is 0 Å². The molecular formula is C27H49N3. The summed E-state index contributed by atoms with van der Waals surface area (Å²) in [6.07, 6.45) is 9.39. The minimum atomic E-state index is 0.657. The molecule has 172 valence electrons. The quantitative estimate of drug-likeness (QED) is 0.383. The topological polar surface area (TPSA) is 28.2 Å². The first-order valence-electron chi connectivity index (χ1n) is 11.6. The summed E-state index contributed by atoms with van der Waals surface area (Å²) in [5.74, 6) is 0.657. The molecule has 0 fully saturated rings. The van der Waals surface area contributed by atoms with E-state index >= 15 is 0 Å². The fourth-order valence-corrected chi connectivity index (χ4v) is 2.52. The molecule has 0 aromatic carbocycles. The Kier molecular flexibility index (Phi) is 20.6. The van der Waals surface area contributed by atoms with Crippen molar-refractivity contribution in [3.05, 3.63) is 60.6 Å². The van der Waals surface area contributed by atoms with Crippen LogP contribution >= 0.6 is 0 Å². The lowest BCUT2D eigenvalue weighted by atomic mass is 10.1. The number of nitrogens with zero attached hydrogens (tertiary/aromatic N) is 2. The lowest BCUT2D eigenvalue weighted by molar-refractivity contribution is 0.277. The summed E-state index contributed by atoms with van der Waals surface area (Å²) in [5.41, 5.74) is 4.92. The van der Waals surface area contributed by atoms with Gasteiger partial charge in [0.2, 0.25) is 0 Å². The van der Waals surface area contributed by atoms with Crippen LogP contribution in [0.2, 0.25) is 0 Å². The molecule has 0 radical (unpaired) electrons. The molecule has 0 amide bonds. The van der Waals surface area contributed by atoms with E-state index in [2.05, 4.69) is 82.0 Å². The number of hydrogen-bond acceptors (Lipinski definition) is 3. The van der Waals surface area contributed by atoms with Crippen molar-refractivity contribution in [2.75, 3.05) is 26.2 Å². The fourth-order valence-electron chi connectivity index (χ4n) is 2.52. The van der Waals surface area contributed by atoms with Crippen LogP contribution in [0.1, 0.15) is 80.2 Å². The molecule has 0 spiro atoms. The Labute approximate surface area is 188 Å². The molecule has 1 aromatic rings. The van der Waals surface area contributed by atoms with Crippen molar-refractivity contribution in [2.45, 2.75) is 74.7 Å². The Balaban J connectivity index is 0. The van der Waals surface area contributed by atoms with Gasteiger partial charge in [-0.25, -0.2) is 0 Å². The van der Waals surface area contributed by atoms with Crippen molar-refractivity contribution in [1.29, 1.82) is 0 Å². The molecule has 0 saturated carbocycles. The van der Waals surface area contributed by atoms with Crippen molar-refractivity contribution in [3.8, 4) is 0 Å². The summed E-state index contributed by atoms with van der Waals surface area (Å²) in [6.45, 7) is 29.2. The number of allylic oxidation sites excluding steroid dienone is 4. The third-order valence-corrected chi connectivity index (χ3v) is 4.68. The number of rotatable bonds is 11. The predicted octanol–water partition coefficient (Wildman–Crippen LogP) is 7.35. The zero-order valence-corrected chi connectivity index (χ0v) is 21.2. The molecule has 1 aromatic heterocycles. The van der Waals surface area contributed by atoms with Gasteiger partial charge in [0.25, 0.3) is 0 Å². The van der Waals surface area contributed by atoms with Crippen molar-refractivity contribution >= 4 is 5.57 Å². The zero-order chi connectivity index (χ0) is 23.4. The van der Waals surface area contributed by atoms with Crippen LogP contribution < -0.4 is 5.32 Å². The molecule has 0 unspecified atom stereocenters. The fraction of sp³-hybridized carbons (Fsp3) is 0.593. The summed E-state index contributed by atoms with van der Waals surface area (Å²) in [4.78, 5) is 6.56. The van der Waals surface area contributed by atoms with Crippen LogP contribution in [0.15, 0.2) is 55.0 Å². The van der Waals surface area contributed by atoms with Crippen LogP contribution in [0.4, 0.5) is 0 Å². The van der Waals surface area contributed by atoms with E-state index in [1.165, 1.54) is 42.6 Å². The van der Waals surface area contributed by atoms with Crippen LogP contribution in [0.3, 0.4) is 0 Å². The molecule has 0 aliphatic carbocycles. The van der Waals surface area contributed by atoms with Crippen molar-refractivity contribution in [1.82, 2.24) is 15.2 Å². The SMILES string of the molecule is C/C=C(\CC)c1cccnc1.C=C(C)C(C)C.C=C(C)NCCN(CCC)CCC. The van der Waals surface area contributed by atoms with Gasteiger partial charge >= 0.3 is 0 Å². The molecule has 30 heavy (non-hydrogen) atoms. The molecule has 1 rings (SSSR count). The summed E-state index contributed by atoms with van der Waals surface area (Å²) in [6, 6.07) is 4.06. The van der Waals surface area contributed by atoms with Gasteiger partial charge in [0.15, 0.2) is 0 Å². The number of hydrogen-bond donors (Lipinski definition) is 1. The maximum atomic E-state index is 4.06. The molecule has 0 aliphatic rings. The van der Waals surface area contributed by atoms with Crippen LogP contribution in [-0.4, -0.2) is 36.1 Å². The molecular weight excluding hydrogens is 366 g/mol. The average Bonchev–Trinajstić information content (AvgIpc) is 2.71. The minimum absolute atomic E-state index is 0.657. The second-order valence-corrected chi connectivity index (χ2v) is 7.96. The van der Waals surface area contributed by atoms with Crippen LogP contribution in [0.5, 0.6) is 0 Å². The molecule has 3 nitrogen and oxygen atoms in total. The van der Waals surface area contributed by atoms with Gasteiger partial charge in [0.05, 0.1) is 0 Å². The third-order valence-electron chi connectivity index (χ3n) is 4.68. The molecule has 1 heterocycles. The van der Waals surface area contributed by atoms with Crippen LogP contribution in [0, 0.1) is 5.92 Å². The lowest BCUT2D eigenvalue weighted by Gasteiger charge is -2.21. The van der Waals surface area contributed by atoms with E-state index in [0.717, 1.165) is 25.2 Å². The average molecular weight is 416 g/mol. The van der Waals surface area contributed by atoms with E-state index in [0.29, 0.717) is 5.92 Å². The van der Waals surface area contributed by atoms with Gasteiger partial charge < -0.3 is 10.2 Å². The van der Waals surface area contributed by atoms with Gasteiger partial charge in [0, 0.05) is 31.2 Å². The zero-order valence-electron chi connectivity index (χ0n) is 21.2. The lowest BCUT2D eigenvalue weighted by Crippen LogP contribution is -2.32. The minimum Gasteiger partial charge on any atom is -0.388 e. The number of nitrogens with one attached hydrogen (secondary N) is 1. The smallest absolute Gasteiger partial charge is 0.0342 e. The van der Waals surface area contributed by atoms with E-state index in [1.807, 2.05) is 26.1 Å². The second kappa shape index (κ2) is 20.4. The number of aromatic nitrogens is 1. The Morgan fingerprint density at radius 1 is 1.10 bits per heavy atom. The Hall–Kier alpha value is -1.87. The molecule has 0 saturated heterocycles. The highest BCUT2D eigenvalue weighted by atomic mass is 15.1. The van der Waals surface area contributed by atoms with E-state index in [9.17, 15) is 0 Å². The Bertz CT molecular complexity index is 567. The molecule has 0 bridgehead atoms. The molecule has 0 aliphatic heterocycles. The predicted molar refractivity (Wildman–Crippen MR) is 138 cm³/mol. The summed E-state index contributed by atoms with van der Waals surface area (Å²) < 4.78 is 0. The maximum Gasteiger partial charge on any atom is 0.0342 e.